The number of hydrogen-bond donors (Lipinski definition) is 1. The predicted octanol–water partition coefficient (Wildman–Crippen LogP) is 2.07. The molecular weight excluding hydrogens is 317 g/mol. The van der Waals surface area contributed by atoms with Crippen LogP contribution < -0.4 is 4.72 Å². The zero-order chi connectivity index (χ0) is 16.5. The van der Waals surface area contributed by atoms with Crippen LogP contribution in [0.5, 0.6) is 0 Å². The molecule has 1 aromatic rings. The molecule has 1 saturated heterocycles. The fraction of sp³-hybridized carbons (Fsp3) is 0.571. The van der Waals surface area contributed by atoms with E-state index in [2.05, 4.69) is 4.72 Å². The van der Waals surface area contributed by atoms with Crippen molar-refractivity contribution in [2.24, 2.45) is 5.92 Å². The summed E-state index contributed by atoms with van der Waals surface area (Å²) in [6.07, 6.45) is -4.56. The molecule has 0 saturated carbocycles. The van der Waals surface area contributed by atoms with Crippen molar-refractivity contribution in [2.75, 3.05) is 20.1 Å². The number of likely N-dealkylation sites (tertiary alicyclic amines) is 1. The Morgan fingerprint density at radius 3 is 2.45 bits per heavy atom. The largest absolute Gasteiger partial charge is 0.416 e. The maximum atomic E-state index is 12.9. The van der Waals surface area contributed by atoms with Gasteiger partial charge in [-0.15, -0.1) is 0 Å². The van der Waals surface area contributed by atoms with E-state index in [1.54, 1.807) is 0 Å². The Morgan fingerprint density at radius 1 is 1.27 bits per heavy atom. The van der Waals surface area contributed by atoms with Gasteiger partial charge >= 0.3 is 6.18 Å². The van der Waals surface area contributed by atoms with Crippen molar-refractivity contribution in [3.8, 4) is 0 Å². The molecule has 1 aromatic carbocycles. The fourth-order valence-electron chi connectivity index (χ4n) is 2.76. The zero-order valence-corrected chi connectivity index (χ0v) is 13.2. The van der Waals surface area contributed by atoms with E-state index in [1.165, 1.54) is 18.2 Å². The van der Waals surface area contributed by atoms with E-state index in [4.69, 9.17) is 0 Å². The molecule has 0 aliphatic carbocycles. The first-order chi connectivity index (χ1) is 10.1. The van der Waals surface area contributed by atoms with Gasteiger partial charge in [0.2, 0.25) is 10.0 Å². The molecule has 0 amide bonds. The van der Waals surface area contributed by atoms with E-state index in [0.29, 0.717) is 6.54 Å². The lowest BCUT2D eigenvalue weighted by Crippen LogP contribution is -2.40. The number of likely N-dealkylation sites (N-methyl/N-ethyl adjacent to an activating group) is 1. The highest BCUT2D eigenvalue weighted by Gasteiger charge is 2.35. The van der Waals surface area contributed by atoms with Gasteiger partial charge in [-0.2, -0.15) is 13.2 Å². The highest BCUT2D eigenvalue weighted by molar-refractivity contribution is 7.88. The number of nitrogens with one attached hydrogen (secondary N) is 1. The molecule has 0 unspecified atom stereocenters. The van der Waals surface area contributed by atoms with Crippen LogP contribution in [0.25, 0.3) is 0 Å². The number of halogens is 3. The summed E-state index contributed by atoms with van der Waals surface area (Å²) in [6, 6.07) is 4.49. The average Bonchev–Trinajstić information content (AvgIpc) is 2.65. The molecule has 1 aliphatic rings. The van der Waals surface area contributed by atoms with Crippen LogP contribution in [0, 0.1) is 5.92 Å². The van der Waals surface area contributed by atoms with Gasteiger partial charge in [0.15, 0.2) is 0 Å². The summed E-state index contributed by atoms with van der Waals surface area (Å²) >= 11 is 0. The monoisotopic (exact) mass is 336 g/mol. The topological polar surface area (TPSA) is 49.4 Å². The third-order valence-electron chi connectivity index (χ3n) is 3.79. The van der Waals surface area contributed by atoms with E-state index in [-0.39, 0.29) is 17.5 Å². The lowest BCUT2D eigenvalue weighted by molar-refractivity contribution is -0.138. The van der Waals surface area contributed by atoms with Gasteiger partial charge in [0.05, 0.1) is 11.3 Å². The SMILES string of the molecule is C[C@@H]1CN(C)C[C@H]1NS(=O)(=O)Cc1ccccc1C(F)(F)F. The molecule has 2 rings (SSSR count). The lowest BCUT2D eigenvalue weighted by atomic mass is 10.1. The molecular formula is C14H19F3N2O2S. The first-order valence-corrected chi connectivity index (χ1v) is 8.57. The normalized spacial score (nSPS) is 23.9. The molecule has 124 valence electrons. The number of alkyl halides is 3. The number of rotatable bonds is 4. The maximum absolute atomic E-state index is 12.9. The van der Waals surface area contributed by atoms with E-state index < -0.39 is 27.5 Å². The molecule has 1 heterocycles. The van der Waals surface area contributed by atoms with E-state index in [1.807, 2.05) is 18.9 Å². The summed E-state index contributed by atoms with van der Waals surface area (Å²) < 4.78 is 65.7. The first-order valence-electron chi connectivity index (χ1n) is 6.92. The third-order valence-corrected chi connectivity index (χ3v) is 5.15. The fourth-order valence-corrected chi connectivity index (χ4v) is 4.27. The third kappa shape index (κ3) is 4.21. The summed E-state index contributed by atoms with van der Waals surface area (Å²) in [5.41, 5.74) is -1.14. The van der Waals surface area contributed by atoms with Crippen molar-refractivity contribution in [3.63, 3.8) is 0 Å². The highest BCUT2D eigenvalue weighted by atomic mass is 32.2. The van der Waals surface area contributed by atoms with Gasteiger partial charge < -0.3 is 4.90 Å². The number of nitrogens with zero attached hydrogens (tertiary/aromatic N) is 1. The van der Waals surface area contributed by atoms with Gasteiger partial charge in [0.1, 0.15) is 0 Å². The quantitative estimate of drug-likeness (QED) is 0.916. The van der Waals surface area contributed by atoms with Gasteiger partial charge in [-0.25, -0.2) is 13.1 Å². The van der Waals surface area contributed by atoms with E-state index >= 15 is 0 Å². The van der Waals surface area contributed by atoms with E-state index in [9.17, 15) is 21.6 Å². The van der Waals surface area contributed by atoms with E-state index in [0.717, 1.165) is 12.6 Å². The molecule has 8 heteroatoms. The molecule has 2 atom stereocenters. The minimum atomic E-state index is -4.56. The highest BCUT2D eigenvalue weighted by Crippen LogP contribution is 2.32. The molecule has 0 aromatic heterocycles. The molecule has 0 radical (unpaired) electrons. The van der Waals surface area contributed by atoms with Crippen LogP contribution in [0.3, 0.4) is 0 Å². The Morgan fingerprint density at radius 2 is 1.91 bits per heavy atom. The Balaban J connectivity index is 2.16. The maximum Gasteiger partial charge on any atom is 0.416 e. The van der Waals surface area contributed by atoms with Crippen LogP contribution in [0.15, 0.2) is 24.3 Å². The molecule has 1 fully saturated rings. The Bertz CT molecular complexity index is 631. The predicted molar refractivity (Wildman–Crippen MR) is 77.7 cm³/mol. The molecule has 1 N–H and O–H groups in total. The van der Waals surface area contributed by atoms with Gasteiger partial charge in [-0.1, -0.05) is 25.1 Å². The van der Waals surface area contributed by atoms with Crippen molar-refractivity contribution < 1.29 is 21.6 Å². The Hall–Kier alpha value is -1.12. The van der Waals surface area contributed by atoms with Crippen LogP contribution in [-0.2, 0) is 22.0 Å². The second-order valence-corrected chi connectivity index (χ2v) is 7.59. The standard InChI is InChI=1S/C14H19F3N2O2S/c1-10-7-19(2)8-13(10)18-22(20,21)9-11-5-3-4-6-12(11)14(15,16)17/h3-6,10,13,18H,7-9H2,1-2H3/t10-,13-/m1/s1. The number of sulfonamides is 1. The summed E-state index contributed by atoms with van der Waals surface area (Å²) in [6.45, 7) is 3.23. The smallest absolute Gasteiger partial charge is 0.304 e. The van der Waals surface area contributed by atoms with Crippen molar-refractivity contribution in [1.29, 1.82) is 0 Å². The Labute approximate surface area is 128 Å². The molecule has 4 nitrogen and oxygen atoms in total. The summed E-state index contributed by atoms with van der Waals surface area (Å²) in [4.78, 5) is 1.99. The average molecular weight is 336 g/mol. The second-order valence-electron chi connectivity index (χ2n) is 5.84. The number of benzene rings is 1. The van der Waals surface area contributed by atoms with Gasteiger partial charge in [0.25, 0.3) is 0 Å². The molecule has 0 bridgehead atoms. The Kier molecular flexibility index (Phi) is 4.84. The summed E-state index contributed by atoms with van der Waals surface area (Å²) in [5.74, 6) is -0.548. The van der Waals surface area contributed by atoms with Crippen LogP contribution in [-0.4, -0.2) is 39.5 Å². The zero-order valence-electron chi connectivity index (χ0n) is 12.4. The minimum absolute atomic E-state index is 0.123. The first kappa shape index (κ1) is 17.2. The van der Waals surface area contributed by atoms with Crippen molar-refractivity contribution in [1.82, 2.24) is 9.62 Å². The van der Waals surface area contributed by atoms with Crippen molar-refractivity contribution in [2.45, 2.75) is 24.9 Å². The molecule has 1 aliphatic heterocycles. The summed E-state index contributed by atoms with van der Waals surface area (Å²) in [7, 11) is -1.96. The molecule has 0 spiro atoms. The van der Waals surface area contributed by atoms with Crippen LogP contribution in [0.4, 0.5) is 13.2 Å². The van der Waals surface area contributed by atoms with Gasteiger partial charge in [-0.05, 0) is 24.6 Å². The van der Waals surface area contributed by atoms with Crippen molar-refractivity contribution in [3.05, 3.63) is 35.4 Å². The minimum Gasteiger partial charge on any atom is -0.304 e. The van der Waals surface area contributed by atoms with Crippen LogP contribution >= 0.6 is 0 Å². The van der Waals surface area contributed by atoms with Crippen molar-refractivity contribution >= 4 is 10.0 Å². The van der Waals surface area contributed by atoms with Gasteiger partial charge in [0, 0.05) is 19.1 Å². The van der Waals surface area contributed by atoms with Crippen LogP contribution in [0.1, 0.15) is 18.1 Å². The second kappa shape index (κ2) is 6.17. The summed E-state index contributed by atoms with van der Waals surface area (Å²) in [5, 5.41) is 0. The molecule has 22 heavy (non-hydrogen) atoms. The lowest BCUT2D eigenvalue weighted by Gasteiger charge is -2.18. The number of hydrogen-bond acceptors (Lipinski definition) is 3. The van der Waals surface area contributed by atoms with Gasteiger partial charge in [-0.3, -0.25) is 0 Å². The van der Waals surface area contributed by atoms with Crippen LogP contribution in [0.2, 0.25) is 0 Å².